The number of carbonyl (C=O) groups is 2. The zero-order chi connectivity index (χ0) is 19.6. The number of hydrogen-bond acceptors (Lipinski definition) is 6. The van der Waals surface area contributed by atoms with Crippen molar-refractivity contribution in [2.45, 2.75) is 18.6 Å². The molecule has 27 heavy (non-hydrogen) atoms. The summed E-state index contributed by atoms with van der Waals surface area (Å²) in [7, 11) is 0. The Balaban J connectivity index is 1.78. The molecule has 0 saturated heterocycles. The van der Waals surface area contributed by atoms with E-state index in [1.807, 2.05) is 0 Å². The van der Waals surface area contributed by atoms with Crippen LogP contribution >= 0.6 is 0 Å². The molecule has 8 heteroatoms. The van der Waals surface area contributed by atoms with Crippen molar-refractivity contribution >= 4 is 17.5 Å². The van der Waals surface area contributed by atoms with Crippen LogP contribution in [0.1, 0.15) is 11.1 Å². The van der Waals surface area contributed by atoms with E-state index < -0.39 is 24.1 Å². The molecule has 0 aromatic heterocycles. The molecular formula is C19H16O8. The Labute approximate surface area is 153 Å². The molecule has 0 saturated carbocycles. The fraction of sp³-hybridized carbons (Fsp3) is 0.158. The molecule has 4 N–H and O–H groups in total. The van der Waals surface area contributed by atoms with E-state index in [-0.39, 0.29) is 11.5 Å². The van der Waals surface area contributed by atoms with Crippen LogP contribution in [-0.2, 0) is 16.0 Å². The first kappa shape index (κ1) is 18.3. The number of allylic oxidation sites excluding steroid dienone is 1. The highest BCUT2D eigenvalue weighted by Gasteiger charge is 2.34. The molecule has 8 nitrogen and oxygen atoms in total. The van der Waals surface area contributed by atoms with Gasteiger partial charge in [-0.15, -0.1) is 0 Å². The molecule has 2 atom stereocenters. The summed E-state index contributed by atoms with van der Waals surface area (Å²) in [5.74, 6) is -2.64. The first-order chi connectivity index (χ1) is 12.8. The first-order valence-corrected chi connectivity index (χ1v) is 7.93. The Morgan fingerprint density at radius 1 is 1.04 bits per heavy atom. The van der Waals surface area contributed by atoms with Gasteiger partial charge in [0.2, 0.25) is 6.10 Å². The number of rotatable bonds is 6. The molecule has 0 fully saturated rings. The number of aliphatic carboxylic acids is 2. The van der Waals surface area contributed by atoms with Gasteiger partial charge in [-0.05, 0) is 34.9 Å². The van der Waals surface area contributed by atoms with Gasteiger partial charge in [-0.25, -0.2) is 9.59 Å². The molecule has 2 unspecified atom stereocenters. The average molecular weight is 372 g/mol. The van der Waals surface area contributed by atoms with Crippen molar-refractivity contribution in [2.75, 3.05) is 0 Å². The van der Waals surface area contributed by atoms with Gasteiger partial charge in [-0.3, -0.25) is 0 Å². The van der Waals surface area contributed by atoms with Gasteiger partial charge in [0.15, 0.2) is 6.10 Å². The van der Waals surface area contributed by atoms with Gasteiger partial charge >= 0.3 is 11.9 Å². The van der Waals surface area contributed by atoms with Crippen molar-refractivity contribution in [1.29, 1.82) is 0 Å². The molecule has 0 spiro atoms. The quantitative estimate of drug-likeness (QED) is 0.601. The van der Waals surface area contributed by atoms with Crippen LogP contribution in [0.3, 0.4) is 0 Å². The van der Waals surface area contributed by atoms with E-state index in [9.17, 15) is 19.8 Å². The highest BCUT2D eigenvalue weighted by atomic mass is 16.5. The monoisotopic (exact) mass is 372 g/mol. The van der Waals surface area contributed by atoms with Crippen LogP contribution in [0.25, 0.3) is 5.57 Å². The minimum Gasteiger partial charge on any atom is -0.508 e. The molecule has 0 aliphatic carbocycles. The third-order valence-corrected chi connectivity index (χ3v) is 4.03. The van der Waals surface area contributed by atoms with Crippen LogP contribution in [0.4, 0.5) is 0 Å². The van der Waals surface area contributed by atoms with Gasteiger partial charge in [0.05, 0.1) is 6.26 Å². The summed E-state index contributed by atoms with van der Waals surface area (Å²) in [6.07, 6.45) is -2.08. The Hall–Kier alpha value is -3.52. The molecule has 3 rings (SSSR count). The first-order valence-electron chi connectivity index (χ1n) is 7.93. The number of aliphatic hydroxyl groups is 1. The highest BCUT2D eigenvalue weighted by molar-refractivity contribution is 5.83. The normalized spacial score (nSPS) is 14.9. The number of fused-ring (bicyclic) bond motifs is 1. The molecule has 140 valence electrons. The topological polar surface area (TPSA) is 134 Å². The lowest BCUT2D eigenvalue weighted by molar-refractivity contribution is -0.163. The third kappa shape index (κ3) is 4.01. The van der Waals surface area contributed by atoms with E-state index in [4.69, 9.17) is 19.7 Å². The summed E-state index contributed by atoms with van der Waals surface area (Å²) < 4.78 is 10.7. The van der Waals surface area contributed by atoms with Gasteiger partial charge in [-0.1, -0.05) is 18.2 Å². The molecule has 2 aromatic carbocycles. The van der Waals surface area contributed by atoms with E-state index in [1.165, 1.54) is 12.1 Å². The number of hydrogen-bond donors (Lipinski definition) is 4. The van der Waals surface area contributed by atoms with E-state index in [0.29, 0.717) is 12.2 Å². The van der Waals surface area contributed by atoms with Crippen LogP contribution in [0.2, 0.25) is 0 Å². The van der Waals surface area contributed by atoms with Crippen molar-refractivity contribution in [3.05, 3.63) is 59.9 Å². The van der Waals surface area contributed by atoms with Crippen molar-refractivity contribution < 1.29 is 39.5 Å². The molecule has 1 aliphatic rings. The minimum absolute atomic E-state index is 0.0583. The number of carboxylic acid groups (broad SMARTS) is 2. The van der Waals surface area contributed by atoms with Crippen LogP contribution < -0.4 is 9.47 Å². The second-order valence-electron chi connectivity index (χ2n) is 5.91. The Morgan fingerprint density at radius 3 is 2.37 bits per heavy atom. The molecule has 0 amide bonds. The SMILES string of the molecule is O=C(O)C(O)C(Oc1ccc2c(c1)OC=C(c1ccc(O)cc1)C2)C(=O)O. The van der Waals surface area contributed by atoms with E-state index >= 15 is 0 Å². The van der Waals surface area contributed by atoms with Crippen molar-refractivity contribution in [3.8, 4) is 17.2 Å². The number of phenols is 1. The maximum Gasteiger partial charge on any atom is 0.348 e. The molecule has 0 bridgehead atoms. The second kappa shape index (κ2) is 7.38. The molecule has 2 aromatic rings. The van der Waals surface area contributed by atoms with E-state index in [2.05, 4.69) is 0 Å². The zero-order valence-electron chi connectivity index (χ0n) is 13.9. The standard InChI is InChI=1S/C19H16O8/c20-13-4-1-10(2-5-13)12-7-11-3-6-14(8-15(11)26-9-12)27-17(19(24)25)16(21)18(22)23/h1-6,8-9,16-17,20-21H,7H2,(H,22,23)(H,24,25). The lowest BCUT2D eigenvalue weighted by Crippen LogP contribution is -2.43. The van der Waals surface area contributed by atoms with Gasteiger partial charge in [0.25, 0.3) is 0 Å². The number of ether oxygens (including phenoxy) is 2. The summed E-state index contributed by atoms with van der Waals surface area (Å²) in [5.41, 5.74) is 2.59. The predicted molar refractivity (Wildman–Crippen MR) is 92.6 cm³/mol. The Kier molecular flexibility index (Phi) is 5.00. The maximum absolute atomic E-state index is 11.2. The van der Waals surface area contributed by atoms with E-state index in [0.717, 1.165) is 16.7 Å². The third-order valence-electron chi connectivity index (χ3n) is 4.03. The number of carboxylic acids is 2. The second-order valence-corrected chi connectivity index (χ2v) is 5.91. The van der Waals surface area contributed by atoms with Gasteiger partial charge in [-0.2, -0.15) is 0 Å². The smallest absolute Gasteiger partial charge is 0.348 e. The van der Waals surface area contributed by atoms with Crippen molar-refractivity contribution in [2.24, 2.45) is 0 Å². The fourth-order valence-corrected chi connectivity index (χ4v) is 2.62. The van der Waals surface area contributed by atoms with Crippen LogP contribution in [-0.4, -0.2) is 44.6 Å². The summed E-state index contributed by atoms with van der Waals surface area (Å²) in [6.45, 7) is 0. The average Bonchev–Trinajstić information content (AvgIpc) is 2.65. The summed E-state index contributed by atoms with van der Waals surface area (Å²) in [4.78, 5) is 22.0. The summed E-state index contributed by atoms with van der Waals surface area (Å²) in [6, 6.07) is 11.3. The number of phenolic OH excluding ortho intramolecular Hbond substituents is 1. The number of benzene rings is 2. The fourth-order valence-electron chi connectivity index (χ4n) is 2.62. The number of aromatic hydroxyl groups is 1. The summed E-state index contributed by atoms with van der Waals surface area (Å²) >= 11 is 0. The molecule has 1 aliphatic heterocycles. The van der Waals surface area contributed by atoms with Gasteiger partial charge < -0.3 is 29.9 Å². The Bertz CT molecular complexity index is 900. The largest absolute Gasteiger partial charge is 0.508 e. The van der Waals surface area contributed by atoms with Crippen LogP contribution in [0.5, 0.6) is 17.2 Å². The highest BCUT2D eigenvalue weighted by Crippen LogP contribution is 2.34. The van der Waals surface area contributed by atoms with Crippen molar-refractivity contribution in [3.63, 3.8) is 0 Å². The molecular weight excluding hydrogens is 356 g/mol. The zero-order valence-corrected chi connectivity index (χ0v) is 13.9. The molecule has 0 radical (unpaired) electrons. The van der Waals surface area contributed by atoms with Crippen molar-refractivity contribution in [1.82, 2.24) is 0 Å². The van der Waals surface area contributed by atoms with E-state index in [1.54, 1.807) is 36.6 Å². The van der Waals surface area contributed by atoms with Gasteiger partial charge in [0, 0.05) is 12.5 Å². The van der Waals surface area contributed by atoms with Gasteiger partial charge in [0.1, 0.15) is 17.2 Å². The minimum atomic E-state index is -2.21. The Morgan fingerprint density at radius 2 is 1.74 bits per heavy atom. The lowest BCUT2D eigenvalue weighted by Gasteiger charge is -2.21. The lowest BCUT2D eigenvalue weighted by atomic mass is 9.97. The number of aliphatic hydroxyl groups excluding tert-OH is 1. The molecule has 1 heterocycles. The summed E-state index contributed by atoms with van der Waals surface area (Å²) in [5, 5.41) is 36.7. The van der Waals surface area contributed by atoms with Crippen LogP contribution in [0.15, 0.2) is 48.7 Å². The van der Waals surface area contributed by atoms with Crippen LogP contribution in [0, 0.1) is 0 Å². The maximum atomic E-state index is 11.2. The predicted octanol–water partition coefficient (Wildman–Crippen LogP) is 1.65.